The number of hydrogen-bond acceptors (Lipinski definition) is 6. The molecule has 0 spiro atoms. The summed E-state index contributed by atoms with van der Waals surface area (Å²) < 4.78 is 0. The highest BCUT2D eigenvalue weighted by Gasteiger charge is 2.17. The maximum absolute atomic E-state index is 10.1. The van der Waals surface area contributed by atoms with Gasteiger partial charge in [0, 0.05) is 18.5 Å². The van der Waals surface area contributed by atoms with Crippen LogP contribution in [0.1, 0.15) is 32.1 Å². The Balaban J connectivity index is 2.17. The van der Waals surface area contributed by atoms with Crippen LogP contribution in [0.5, 0.6) is 0 Å². The Labute approximate surface area is 129 Å². The number of fused-ring (bicyclic) bond motifs is 1. The molecule has 1 unspecified atom stereocenters. The van der Waals surface area contributed by atoms with Crippen LogP contribution >= 0.6 is 11.3 Å². The van der Waals surface area contributed by atoms with Crippen LogP contribution in [0, 0.1) is 12.3 Å². The summed E-state index contributed by atoms with van der Waals surface area (Å²) in [6, 6.07) is 2.08. The van der Waals surface area contributed by atoms with E-state index in [-0.39, 0.29) is 5.41 Å². The molecule has 0 amide bonds. The van der Waals surface area contributed by atoms with Crippen LogP contribution < -0.4 is 10.6 Å². The minimum Gasteiger partial charge on any atom is -0.391 e. The van der Waals surface area contributed by atoms with Gasteiger partial charge in [-0.05, 0) is 24.8 Å². The quantitative estimate of drug-likeness (QED) is 0.791. The lowest BCUT2D eigenvalue weighted by molar-refractivity contribution is 0.132. The van der Waals surface area contributed by atoms with Crippen molar-refractivity contribution in [2.24, 2.45) is 5.41 Å². The highest BCUT2D eigenvalue weighted by Crippen LogP contribution is 2.29. The van der Waals surface area contributed by atoms with E-state index in [9.17, 15) is 5.11 Å². The second kappa shape index (κ2) is 6.15. The summed E-state index contributed by atoms with van der Waals surface area (Å²) in [6.07, 6.45) is 0.350. The monoisotopic (exact) mass is 308 g/mol. The lowest BCUT2D eigenvalue weighted by Crippen LogP contribution is -2.25. The molecule has 0 saturated carbocycles. The van der Waals surface area contributed by atoms with E-state index in [4.69, 9.17) is 0 Å². The SMILES string of the molecule is CNc1nc(NCC(O)CC(C)(C)C)c2cc(C)sc2n1. The highest BCUT2D eigenvalue weighted by atomic mass is 32.1. The number of rotatable bonds is 5. The molecule has 2 aromatic heterocycles. The predicted octanol–water partition coefficient (Wildman–Crippen LogP) is 3.25. The first-order chi connectivity index (χ1) is 9.78. The number of aromatic nitrogens is 2. The fourth-order valence-corrected chi connectivity index (χ4v) is 3.16. The van der Waals surface area contributed by atoms with Crippen LogP contribution in [0.15, 0.2) is 6.07 Å². The molecule has 6 heteroatoms. The average Bonchev–Trinajstić information content (AvgIpc) is 2.73. The Morgan fingerprint density at radius 2 is 2.05 bits per heavy atom. The van der Waals surface area contributed by atoms with E-state index in [0.29, 0.717) is 12.5 Å². The van der Waals surface area contributed by atoms with Gasteiger partial charge in [0.05, 0.1) is 11.5 Å². The second-order valence-electron chi connectivity index (χ2n) is 6.52. The number of hydrogen-bond donors (Lipinski definition) is 3. The van der Waals surface area contributed by atoms with Gasteiger partial charge in [0.2, 0.25) is 5.95 Å². The Morgan fingerprint density at radius 1 is 1.33 bits per heavy atom. The van der Waals surface area contributed by atoms with E-state index < -0.39 is 6.10 Å². The summed E-state index contributed by atoms with van der Waals surface area (Å²) in [5.74, 6) is 1.37. The first-order valence-corrected chi connectivity index (χ1v) is 7.98. The van der Waals surface area contributed by atoms with E-state index in [1.54, 1.807) is 18.4 Å². The largest absolute Gasteiger partial charge is 0.391 e. The second-order valence-corrected chi connectivity index (χ2v) is 7.76. The van der Waals surface area contributed by atoms with Crippen molar-refractivity contribution in [3.8, 4) is 0 Å². The number of anilines is 2. The lowest BCUT2D eigenvalue weighted by Gasteiger charge is -2.22. The molecule has 3 N–H and O–H groups in total. The number of aryl methyl sites for hydroxylation is 1. The lowest BCUT2D eigenvalue weighted by atomic mass is 9.89. The number of aliphatic hydroxyl groups excluding tert-OH is 1. The van der Waals surface area contributed by atoms with Crippen molar-refractivity contribution < 1.29 is 5.11 Å². The molecule has 0 bridgehead atoms. The molecule has 21 heavy (non-hydrogen) atoms. The average molecular weight is 308 g/mol. The molecule has 0 fully saturated rings. The zero-order chi connectivity index (χ0) is 15.6. The number of aliphatic hydroxyl groups is 1. The van der Waals surface area contributed by atoms with Crippen LogP contribution in [0.3, 0.4) is 0 Å². The van der Waals surface area contributed by atoms with Gasteiger partial charge in [0.1, 0.15) is 10.6 Å². The fourth-order valence-electron chi connectivity index (χ4n) is 2.28. The molecule has 0 aliphatic heterocycles. The zero-order valence-corrected chi connectivity index (χ0v) is 14.1. The smallest absolute Gasteiger partial charge is 0.225 e. The zero-order valence-electron chi connectivity index (χ0n) is 13.3. The summed E-state index contributed by atoms with van der Waals surface area (Å²) in [5, 5.41) is 17.4. The summed E-state index contributed by atoms with van der Waals surface area (Å²) in [6.45, 7) is 8.92. The van der Waals surface area contributed by atoms with Crippen LogP contribution in [0.4, 0.5) is 11.8 Å². The molecule has 0 aliphatic carbocycles. The van der Waals surface area contributed by atoms with Crippen molar-refractivity contribution in [3.63, 3.8) is 0 Å². The van der Waals surface area contributed by atoms with Gasteiger partial charge in [-0.2, -0.15) is 4.98 Å². The molecule has 116 valence electrons. The van der Waals surface area contributed by atoms with E-state index >= 15 is 0 Å². The van der Waals surface area contributed by atoms with Crippen LogP contribution in [-0.2, 0) is 0 Å². The first-order valence-electron chi connectivity index (χ1n) is 7.16. The Bertz CT molecular complexity index is 618. The fraction of sp³-hybridized carbons (Fsp3) is 0.600. The topological polar surface area (TPSA) is 70.1 Å². The summed E-state index contributed by atoms with van der Waals surface area (Å²) in [4.78, 5) is 11.1. The minimum absolute atomic E-state index is 0.108. The number of nitrogens with one attached hydrogen (secondary N) is 2. The van der Waals surface area contributed by atoms with Gasteiger partial charge in [0.25, 0.3) is 0 Å². The van der Waals surface area contributed by atoms with Gasteiger partial charge in [-0.25, -0.2) is 4.98 Å². The first kappa shape index (κ1) is 16.0. The number of thiophene rings is 1. The van der Waals surface area contributed by atoms with Crippen LogP contribution in [-0.4, -0.2) is 34.8 Å². The van der Waals surface area contributed by atoms with Crippen molar-refractivity contribution in [2.75, 3.05) is 24.2 Å². The third kappa shape index (κ3) is 4.28. The van der Waals surface area contributed by atoms with E-state index in [0.717, 1.165) is 22.5 Å². The standard InChI is InChI=1S/C15H24N4OS/c1-9-6-11-12(17-8-10(20)7-15(2,3)4)18-14(16-5)19-13(11)21-9/h6,10,20H,7-8H2,1-5H3,(H2,16,17,18,19). The maximum Gasteiger partial charge on any atom is 0.225 e. The van der Waals surface area contributed by atoms with Gasteiger partial charge < -0.3 is 15.7 Å². The Kier molecular flexibility index (Phi) is 4.68. The molecule has 2 heterocycles. The van der Waals surface area contributed by atoms with Gasteiger partial charge in [-0.1, -0.05) is 20.8 Å². The van der Waals surface area contributed by atoms with Gasteiger partial charge in [0.15, 0.2) is 0 Å². The third-order valence-corrected chi connectivity index (χ3v) is 4.04. The molecular formula is C15H24N4OS. The summed E-state index contributed by atoms with van der Waals surface area (Å²) >= 11 is 1.65. The summed E-state index contributed by atoms with van der Waals surface area (Å²) in [7, 11) is 1.81. The molecular weight excluding hydrogens is 284 g/mol. The van der Waals surface area contributed by atoms with Crippen molar-refractivity contribution in [3.05, 3.63) is 10.9 Å². The normalized spacial score (nSPS) is 13.4. The predicted molar refractivity (Wildman–Crippen MR) is 90.3 cm³/mol. The molecule has 0 saturated heterocycles. The van der Waals surface area contributed by atoms with E-state index in [1.807, 2.05) is 0 Å². The maximum atomic E-state index is 10.1. The third-order valence-electron chi connectivity index (χ3n) is 3.09. The number of nitrogens with zero attached hydrogens (tertiary/aromatic N) is 2. The summed E-state index contributed by atoms with van der Waals surface area (Å²) in [5.41, 5.74) is 0.108. The van der Waals surface area contributed by atoms with E-state index in [1.165, 1.54) is 4.88 Å². The van der Waals surface area contributed by atoms with Crippen LogP contribution in [0.2, 0.25) is 0 Å². The molecule has 2 aromatic rings. The van der Waals surface area contributed by atoms with Gasteiger partial charge in [-0.15, -0.1) is 11.3 Å². The van der Waals surface area contributed by atoms with Crippen molar-refractivity contribution >= 4 is 33.3 Å². The van der Waals surface area contributed by atoms with Crippen molar-refractivity contribution in [1.29, 1.82) is 0 Å². The molecule has 0 radical (unpaired) electrons. The van der Waals surface area contributed by atoms with Crippen molar-refractivity contribution in [2.45, 2.75) is 40.2 Å². The molecule has 1 atom stereocenters. The van der Waals surface area contributed by atoms with Crippen LogP contribution in [0.25, 0.3) is 10.2 Å². The van der Waals surface area contributed by atoms with Gasteiger partial charge in [-0.3, -0.25) is 0 Å². The van der Waals surface area contributed by atoms with E-state index in [2.05, 4.69) is 54.4 Å². The molecule has 5 nitrogen and oxygen atoms in total. The molecule has 0 aliphatic rings. The molecule has 0 aromatic carbocycles. The van der Waals surface area contributed by atoms with Gasteiger partial charge >= 0.3 is 0 Å². The Hall–Kier alpha value is -1.40. The van der Waals surface area contributed by atoms with Crippen molar-refractivity contribution in [1.82, 2.24) is 9.97 Å². The Morgan fingerprint density at radius 3 is 2.67 bits per heavy atom. The molecule has 2 rings (SSSR count). The highest BCUT2D eigenvalue weighted by molar-refractivity contribution is 7.18. The minimum atomic E-state index is -0.396.